The molecule has 0 saturated carbocycles. The molecule has 144 valence electrons. The summed E-state index contributed by atoms with van der Waals surface area (Å²) in [7, 11) is 2.02. The van der Waals surface area contributed by atoms with Crippen molar-refractivity contribution in [2.45, 2.75) is 38.6 Å². The van der Waals surface area contributed by atoms with E-state index in [1.807, 2.05) is 24.1 Å². The van der Waals surface area contributed by atoms with Gasteiger partial charge in [0, 0.05) is 32.0 Å². The minimum Gasteiger partial charge on any atom is -0.378 e. The standard InChI is InChI=1S/C20H27N5O2/c1-24(14-18-16-5-3-2-4-6-17(16)22-23-18)19-8-7-15(13-21-19)20(26)25-9-11-27-12-10-25/h7-8,13H,2-6,9-12,14H2,1H3,(H,22,23). The Morgan fingerprint density at radius 3 is 2.81 bits per heavy atom. The number of anilines is 1. The number of H-pyrrole nitrogens is 1. The fraction of sp³-hybridized carbons (Fsp3) is 0.550. The first-order chi connectivity index (χ1) is 13.2. The highest BCUT2D eigenvalue weighted by Crippen LogP contribution is 2.23. The van der Waals surface area contributed by atoms with E-state index >= 15 is 0 Å². The van der Waals surface area contributed by atoms with Gasteiger partial charge in [-0.15, -0.1) is 0 Å². The van der Waals surface area contributed by atoms with Crippen LogP contribution in [0.3, 0.4) is 0 Å². The molecule has 4 rings (SSSR count). The number of aryl methyl sites for hydroxylation is 1. The Kier molecular flexibility index (Phi) is 5.38. The third kappa shape index (κ3) is 3.98. The lowest BCUT2D eigenvalue weighted by molar-refractivity contribution is 0.0302. The number of pyridine rings is 1. The van der Waals surface area contributed by atoms with Crippen LogP contribution < -0.4 is 4.90 Å². The number of ether oxygens (including phenoxy) is 1. The first-order valence-corrected chi connectivity index (χ1v) is 9.81. The number of aromatic nitrogens is 3. The average molecular weight is 369 g/mol. The van der Waals surface area contributed by atoms with Gasteiger partial charge >= 0.3 is 0 Å². The molecule has 3 heterocycles. The predicted molar refractivity (Wildman–Crippen MR) is 103 cm³/mol. The largest absolute Gasteiger partial charge is 0.378 e. The minimum atomic E-state index is 0.0256. The average Bonchev–Trinajstić information content (AvgIpc) is 2.94. The topological polar surface area (TPSA) is 74.4 Å². The third-order valence-electron chi connectivity index (χ3n) is 5.46. The third-order valence-corrected chi connectivity index (χ3v) is 5.46. The minimum absolute atomic E-state index is 0.0256. The number of nitrogens with zero attached hydrogens (tertiary/aromatic N) is 4. The van der Waals surface area contributed by atoms with E-state index in [0.29, 0.717) is 31.9 Å². The highest BCUT2D eigenvalue weighted by atomic mass is 16.5. The van der Waals surface area contributed by atoms with E-state index in [1.54, 1.807) is 6.20 Å². The molecule has 0 bridgehead atoms. The molecule has 7 heteroatoms. The van der Waals surface area contributed by atoms with Crippen LogP contribution in [-0.4, -0.2) is 59.3 Å². The molecule has 1 saturated heterocycles. The van der Waals surface area contributed by atoms with Crippen molar-refractivity contribution in [1.29, 1.82) is 0 Å². The van der Waals surface area contributed by atoms with Gasteiger partial charge in [0.1, 0.15) is 5.82 Å². The Morgan fingerprint density at radius 1 is 1.22 bits per heavy atom. The number of amides is 1. The van der Waals surface area contributed by atoms with E-state index in [2.05, 4.69) is 20.1 Å². The molecule has 0 spiro atoms. The maximum atomic E-state index is 12.5. The second-order valence-electron chi connectivity index (χ2n) is 7.35. The van der Waals surface area contributed by atoms with E-state index in [9.17, 15) is 4.79 Å². The van der Waals surface area contributed by atoms with Gasteiger partial charge in [-0.2, -0.15) is 5.10 Å². The number of morpholine rings is 1. The summed E-state index contributed by atoms with van der Waals surface area (Å²) in [6, 6.07) is 3.78. The fourth-order valence-corrected chi connectivity index (χ4v) is 3.85. The summed E-state index contributed by atoms with van der Waals surface area (Å²) >= 11 is 0. The highest BCUT2D eigenvalue weighted by molar-refractivity contribution is 5.94. The van der Waals surface area contributed by atoms with Crippen molar-refractivity contribution in [3.63, 3.8) is 0 Å². The van der Waals surface area contributed by atoms with Crippen molar-refractivity contribution in [1.82, 2.24) is 20.1 Å². The number of nitrogens with one attached hydrogen (secondary N) is 1. The lowest BCUT2D eigenvalue weighted by Gasteiger charge is -2.27. The summed E-state index contributed by atoms with van der Waals surface area (Å²) in [5, 5.41) is 7.77. The lowest BCUT2D eigenvalue weighted by atomic mass is 10.1. The number of aromatic amines is 1. The molecule has 2 aromatic rings. The summed E-state index contributed by atoms with van der Waals surface area (Å²) in [4.78, 5) is 21.0. The van der Waals surface area contributed by atoms with Gasteiger partial charge in [-0.1, -0.05) is 6.42 Å². The highest BCUT2D eigenvalue weighted by Gasteiger charge is 2.20. The lowest BCUT2D eigenvalue weighted by Crippen LogP contribution is -2.40. The SMILES string of the molecule is CN(Cc1n[nH]c2c1CCCCC2)c1ccc(C(=O)N2CCOCC2)cn1. The molecule has 1 fully saturated rings. The smallest absolute Gasteiger partial charge is 0.255 e. The van der Waals surface area contributed by atoms with Crippen molar-refractivity contribution >= 4 is 11.7 Å². The molecule has 1 aliphatic carbocycles. The number of carbonyl (C=O) groups excluding carboxylic acids is 1. The second kappa shape index (κ2) is 8.08. The first-order valence-electron chi connectivity index (χ1n) is 9.81. The van der Waals surface area contributed by atoms with Crippen molar-refractivity contribution in [3.05, 3.63) is 40.8 Å². The van der Waals surface area contributed by atoms with E-state index < -0.39 is 0 Å². The van der Waals surface area contributed by atoms with Crippen LogP contribution in [0.2, 0.25) is 0 Å². The monoisotopic (exact) mass is 369 g/mol. The van der Waals surface area contributed by atoms with Gasteiger partial charge in [-0.05, 0) is 43.4 Å². The zero-order chi connectivity index (χ0) is 18.6. The van der Waals surface area contributed by atoms with E-state index in [-0.39, 0.29) is 5.91 Å². The molecule has 0 atom stereocenters. The number of hydrogen-bond acceptors (Lipinski definition) is 5. The van der Waals surface area contributed by atoms with Gasteiger partial charge in [0.15, 0.2) is 0 Å². The molecule has 0 unspecified atom stereocenters. The second-order valence-corrected chi connectivity index (χ2v) is 7.35. The van der Waals surface area contributed by atoms with Crippen LogP contribution in [0.25, 0.3) is 0 Å². The molecule has 2 aromatic heterocycles. The summed E-state index contributed by atoms with van der Waals surface area (Å²) < 4.78 is 5.31. The maximum absolute atomic E-state index is 12.5. The number of carbonyl (C=O) groups is 1. The number of hydrogen-bond donors (Lipinski definition) is 1. The molecule has 0 radical (unpaired) electrons. The van der Waals surface area contributed by atoms with Crippen LogP contribution in [-0.2, 0) is 24.1 Å². The van der Waals surface area contributed by atoms with Gasteiger partial charge in [0.05, 0.1) is 31.0 Å². The van der Waals surface area contributed by atoms with E-state index in [0.717, 1.165) is 30.9 Å². The molecule has 1 amide bonds. The first kappa shape index (κ1) is 18.0. The van der Waals surface area contributed by atoms with E-state index in [4.69, 9.17) is 4.74 Å². The summed E-state index contributed by atoms with van der Waals surface area (Å²) in [6.45, 7) is 3.22. The van der Waals surface area contributed by atoms with Crippen LogP contribution in [0.1, 0.15) is 46.6 Å². The normalized spacial score (nSPS) is 17.3. The Morgan fingerprint density at radius 2 is 2.04 bits per heavy atom. The molecule has 7 nitrogen and oxygen atoms in total. The van der Waals surface area contributed by atoms with Crippen LogP contribution >= 0.6 is 0 Å². The Hall–Kier alpha value is -2.41. The molecular weight excluding hydrogens is 342 g/mol. The zero-order valence-corrected chi connectivity index (χ0v) is 15.9. The van der Waals surface area contributed by atoms with Crippen molar-refractivity contribution in [2.24, 2.45) is 0 Å². The predicted octanol–water partition coefficient (Wildman–Crippen LogP) is 2.18. The van der Waals surface area contributed by atoms with Gasteiger partial charge in [0.2, 0.25) is 0 Å². The van der Waals surface area contributed by atoms with Crippen molar-refractivity contribution in [3.8, 4) is 0 Å². The van der Waals surface area contributed by atoms with Crippen LogP contribution in [0.5, 0.6) is 0 Å². The summed E-state index contributed by atoms with van der Waals surface area (Å²) in [5.74, 6) is 0.872. The van der Waals surface area contributed by atoms with Crippen LogP contribution in [0.15, 0.2) is 18.3 Å². The molecule has 27 heavy (non-hydrogen) atoms. The molecule has 2 aliphatic rings. The Bertz CT molecular complexity index is 780. The molecule has 0 aromatic carbocycles. The molecule has 1 N–H and O–H groups in total. The quantitative estimate of drug-likeness (QED) is 0.836. The fourth-order valence-electron chi connectivity index (χ4n) is 3.85. The number of fused-ring (bicyclic) bond motifs is 1. The van der Waals surface area contributed by atoms with Gasteiger partial charge in [0.25, 0.3) is 5.91 Å². The van der Waals surface area contributed by atoms with Gasteiger partial charge in [-0.3, -0.25) is 9.89 Å². The van der Waals surface area contributed by atoms with Crippen molar-refractivity contribution < 1.29 is 9.53 Å². The Labute approximate surface area is 159 Å². The Balaban J connectivity index is 1.43. The van der Waals surface area contributed by atoms with Crippen LogP contribution in [0.4, 0.5) is 5.82 Å². The summed E-state index contributed by atoms with van der Waals surface area (Å²) in [6.07, 6.45) is 7.65. The van der Waals surface area contributed by atoms with Gasteiger partial charge in [-0.25, -0.2) is 4.98 Å². The maximum Gasteiger partial charge on any atom is 0.255 e. The molecular formula is C20H27N5O2. The van der Waals surface area contributed by atoms with Gasteiger partial charge < -0.3 is 14.5 Å². The van der Waals surface area contributed by atoms with E-state index in [1.165, 1.54) is 30.5 Å². The zero-order valence-electron chi connectivity index (χ0n) is 15.9. The number of rotatable bonds is 4. The van der Waals surface area contributed by atoms with Crippen LogP contribution in [0, 0.1) is 0 Å². The molecule has 1 aliphatic heterocycles. The summed E-state index contributed by atoms with van der Waals surface area (Å²) in [5.41, 5.74) is 4.43. The van der Waals surface area contributed by atoms with Crippen molar-refractivity contribution in [2.75, 3.05) is 38.3 Å².